The minimum atomic E-state index is -0.496. The fourth-order valence-electron chi connectivity index (χ4n) is 4.23. The first-order valence-corrected chi connectivity index (χ1v) is 7.92. The number of carboxylic acid groups (broad SMARTS) is 1. The van der Waals surface area contributed by atoms with E-state index in [2.05, 4.69) is 6.92 Å². The third-order valence-electron chi connectivity index (χ3n) is 5.64. The molecule has 0 radical (unpaired) electrons. The van der Waals surface area contributed by atoms with Crippen molar-refractivity contribution in [3.05, 3.63) is 0 Å². The summed E-state index contributed by atoms with van der Waals surface area (Å²) in [5.74, 6) is 0.738. The number of hydrogen-bond acceptors (Lipinski definition) is 1. The van der Waals surface area contributed by atoms with Gasteiger partial charge in [0.2, 0.25) is 0 Å². The molecule has 2 heteroatoms. The molecule has 0 aliphatic heterocycles. The van der Waals surface area contributed by atoms with Gasteiger partial charge in [0.15, 0.2) is 0 Å². The second-order valence-corrected chi connectivity index (χ2v) is 6.50. The maximum absolute atomic E-state index is 11.9. The van der Waals surface area contributed by atoms with Crippen molar-refractivity contribution < 1.29 is 9.90 Å². The lowest BCUT2D eigenvalue weighted by Gasteiger charge is -2.42. The molecule has 18 heavy (non-hydrogen) atoms. The van der Waals surface area contributed by atoms with Crippen LogP contribution >= 0.6 is 0 Å². The van der Waals surface area contributed by atoms with E-state index in [0.717, 1.165) is 44.4 Å². The van der Waals surface area contributed by atoms with E-state index in [1.165, 1.54) is 32.1 Å². The minimum Gasteiger partial charge on any atom is -0.481 e. The molecular formula is C16H28O2. The smallest absolute Gasteiger partial charge is 0.309 e. The number of hydrogen-bond donors (Lipinski definition) is 1. The monoisotopic (exact) mass is 252 g/mol. The van der Waals surface area contributed by atoms with Gasteiger partial charge in [-0.15, -0.1) is 0 Å². The highest BCUT2D eigenvalue weighted by Crippen LogP contribution is 2.49. The largest absolute Gasteiger partial charge is 0.481 e. The molecule has 0 saturated heterocycles. The highest BCUT2D eigenvalue weighted by Gasteiger charge is 2.47. The van der Waals surface area contributed by atoms with Crippen LogP contribution in [0.3, 0.4) is 0 Å². The van der Waals surface area contributed by atoms with Gasteiger partial charge in [-0.3, -0.25) is 4.79 Å². The van der Waals surface area contributed by atoms with E-state index in [-0.39, 0.29) is 5.41 Å². The van der Waals surface area contributed by atoms with Gasteiger partial charge in [0.25, 0.3) is 0 Å². The lowest BCUT2D eigenvalue weighted by Crippen LogP contribution is -2.42. The molecule has 0 aromatic carbocycles. The van der Waals surface area contributed by atoms with Gasteiger partial charge in [-0.1, -0.05) is 39.0 Å². The van der Waals surface area contributed by atoms with Crippen molar-refractivity contribution in [3.8, 4) is 0 Å². The molecule has 1 N–H and O–H groups in total. The highest BCUT2D eigenvalue weighted by molar-refractivity contribution is 5.75. The molecule has 0 spiro atoms. The highest BCUT2D eigenvalue weighted by atomic mass is 16.4. The van der Waals surface area contributed by atoms with Gasteiger partial charge in [-0.05, 0) is 50.4 Å². The zero-order valence-electron chi connectivity index (χ0n) is 11.8. The topological polar surface area (TPSA) is 37.3 Å². The van der Waals surface area contributed by atoms with Crippen molar-refractivity contribution in [1.82, 2.24) is 0 Å². The van der Waals surface area contributed by atoms with E-state index in [9.17, 15) is 9.90 Å². The number of carbonyl (C=O) groups is 1. The Morgan fingerprint density at radius 2 is 1.61 bits per heavy atom. The molecule has 0 atom stereocenters. The van der Waals surface area contributed by atoms with Gasteiger partial charge >= 0.3 is 5.97 Å². The predicted octanol–water partition coefficient (Wildman–Crippen LogP) is 4.63. The average molecular weight is 252 g/mol. The Hall–Kier alpha value is -0.530. The SMILES string of the molecule is CCC1CCC(C(=O)O)(C2CCCCCC2)CC1. The first-order valence-electron chi connectivity index (χ1n) is 7.92. The second kappa shape index (κ2) is 6.08. The van der Waals surface area contributed by atoms with Crippen LogP contribution in [0.2, 0.25) is 0 Å². The van der Waals surface area contributed by atoms with E-state index in [1.807, 2.05) is 0 Å². The van der Waals surface area contributed by atoms with Crippen LogP contribution in [0.5, 0.6) is 0 Å². The zero-order chi connectivity index (χ0) is 13.0. The van der Waals surface area contributed by atoms with E-state index in [4.69, 9.17) is 0 Å². The second-order valence-electron chi connectivity index (χ2n) is 6.50. The van der Waals surface area contributed by atoms with Gasteiger partial charge in [-0.25, -0.2) is 0 Å². The molecule has 0 unspecified atom stereocenters. The van der Waals surface area contributed by atoms with Crippen molar-refractivity contribution in [2.45, 2.75) is 77.6 Å². The quantitative estimate of drug-likeness (QED) is 0.744. The Kier molecular flexibility index (Phi) is 4.69. The lowest BCUT2D eigenvalue weighted by molar-refractivity contribution is -0.156. The molecule has 104 valence electrons. The van der Waals surface area contributed by atoms with Crippen LogP contribution in [0.1, 0.15) is 77.6 Å². The molecule has 0 heterocycles. The van der Waals surface area contributed by atoms with Gasteiger partial charge < -0.3 is 5.11 Å². The molecule has 0 bridgehead atoms. The third kappa shape index (κ3) is 2.73. The zero-order valence-corrected chi connectivity index (χ0v) is 11.8. The molecule has 0 amide bonds. The maximum atomic E-state index is 11.9. The summed E-state index contributed by atoms with van der Waals surface area (Å²) in [5.41, 5.74) is -0.365. The van der Waals surface area contributed by atoms with E-state index >= 15 is 0 Å². The van der Waals surface area contributed by atoms with Crippen molar-refractivity contribution in [1.29, 1.82) is 0 Å². The van der Waals surface area contributed by atoms with Crippen LogP contribution in [0.4, 0.5) is 0 Å². The number of rotatable bonds is 3. The van der Waals surface area contributed by atoms with Gasteiger partial charge in [0.05, 0.1) is 5.41 Å². The summed E-state index contributed by atoms with van der Waals surface area (Å²) < 4.78 is 0. The van der Waals surface area contributed by atoms with Crippen LogP contribution < -0.4 is 0 Å². The maximum Gasteiger partial charge on any atom is 0.309 e. The van der Waals surface area contributed by atoms with E-state index in [1.54, 1.807) is 0 Å². The van der Waals surface area contributed by atoms with Crippen molar-refractivity contribution in [2.24, 2.45) is 17.3 Å². The standard InChI is InChI=1S/C16H28O2/c1-2-13-9-11-16(12-10-13,15(17)18)14-7-5-3-4-6-8-14/h13-14H,2-12H2,1H3,(H,17,18). The van der Waals surface area contributed by atoms with Crippen LogP contribution in [0, 0.1) is 17.3 Å². The Bertz CT molecular complexity index is 269. The fourth-order valence-corrected chi connectivity index (χ4v) is 4.23. The van der Waals surface area contributed by atoms with Crippen molar-refractivity contribution in [3.63, 3.8) is 0 Å². The summed E-state index contributed by atoms with van der Waals surface area (Å²) in [5, 5.41) is 9.79. The minimum absolute atomic E-state index is 0.365. The van der Waals surface area contributed by atoms with Gasteiger partial charge in [0, 0.05) is 0 Å². The van der Waals surface area contributed by atoms with Crippen LogP contribution in [-0.4, -0.2) is 11.1 Å². The molecule has 2 nitrogen and oxygen atoms in total. The van der Waals surface area contributed by atoms with Crippen LogP contribution in [0.15, 0.2) is 0 Å². The van der Waals surface area contributed by atoms with Gasteiger partial charge in [-0.2, -0.15) is 0 Å². The summed E-state index contributed by atoms with van der Waals surface area (Å²) in [6.07, 6.45) is 12.8. The Labute approximate surface area is 111 Å². The molecule has 0 aromatic rings. The summed E-state index contributed by atoms with van der Waals surface area (Å²) in [6, 6.07) is 0. The third-order valence-corrected chi connectivity index (χ3v) is 5.64. The molecule has 2 saturated carbocycles. The molecule has 2 aliphatic carbocycles. The Morgan fingerprint density at radius 3 is 2.06 bits per heavy atom. The van der Waals surface area contributed by atoms with Crippen molar-refractivity contribution in [2.75, 3.05) is 0 Å². The van der Waals surface area contributed by atoms with Crippen LogP contribution in [0.25, 0.3) is 0 Å². The van der Waals surface area contributed by atoms with E-state index < -0.39 is 5.97 Å². The first-order chi connectivity index (χ1) is 8.69. The summed E-state index contributed by atoms with van der Waals surface area (Å²) in [6.45, 7) is 2.24. The van der Waals surface area contributed by atoms with Gasteiger partial charge in [0.1, 0.15) is 0 Å². The molecular weight excluding hydrogens is 224 g/mol. The molecule has 2 fully saturated rings. The molecule has 2 aliphatic rings. The molecule has 2 rings (SSSR count). The fraction of sp³-hybridized carbons (Fsp3) is 0.938. The average Bonchev–Trinajstić information content (AvgIpc) is 2.67. The summed E-state index contributed by atoms with van der Waals surface area (Å²) >= 11 is 0. The lowest BCUT2D eigenvalue weighted by atomic mass is 9.61. The van der Waals surface area contributed by atoms with Crippen LogP contribution in [-0.2, 0) is 4.79 Å². The predicted molar refractivity (Wildman–Crippen MR) is 73.5 cm³/mol. The molecule has 0 aromatic heterocycles. The Morgan fingerprint density at radius 1 is 1.06 bits per heavy atom. The van der Waals surface area contributed by atoms with Crippen molar-refractivity contribution >= 4 is 5.97 Å². The summed E-state index contributed by atoms with van der Waals surface area (Å²) in [4.78, 5) is 11.9. The first kappa shape index (κ1) is 13.9. The number of carboxylic acids is 1. The Balaban J connectivity index is 2.09. The normalized spacial score (nSPS) is 35.1. The number of aliphatic carboxylic acids is 1. The summed E-state index contributed by atoms with van der Waals surface area (Å²) in [7, 11) is 0. The van der Waals surface area contributed by atoms with E-state index in [0.29, 0.717) is 5.92 Å².